The molecule has 3 saturated carbocycles. The molecule has 2 heterocycles. The molecule has 1 amide bonds. The molecular formula is C17H24N4OS. The van der Waals surface area contributed by atoms with Crippen LogP contribution in [0.4, 0.5) is 0 Å². The Hall–Kier alpha value is -1.17. The Balaban J connectivity index is 1.23. The van der Waals surface area contributed by atoms with Crippen LogP contribution in [-0.2, 0) is 4.79 Å². The van der Waals surface area contributed by atoms with Gasteiger partial charge in [0.05, 0.1) is 0 Å². The number of nitrogens with zero attached hydrogens (tertiary/aromatic N) is 3. The molecule has 1 aromatic heterocycles. The van der Waals surface area contributed by atoms with Gasteiger partial charge in [-0.05, 0) is 69.0 Å². The van der Waals surface area contributed by atoms with Gasteiger partial charge in [-0.3, -0.25) is 9.89 Å². The fraction of sp³-hybridized carbons (Fsp3) is 0.824. The van der Waals surface area contributed by atoms with Crippen LogP contribution in [0.3, 0.4) is 0 Å². The Kier molecular flexibility index (Phi) is 3.19. The van der Waals surface area contributed by atoms with E-state index in [1.165, 1.54) is 25.7 Å². The second-order valence-electron chi connectivity index (χ2n) is 7.93. The number of hydrogen-bond donors (Lipinski definition) is 1. The lowest BCUT2D eigenvalue weighted by atomic mass is 9.95. The first kappa shape index (κ1) is 14.2. The van der Waals surface area contributed by atoms with Gasteiger partial charge in [0, 0.05) is 31.0 Å². The van der Waals surface area contributed by atoms with Crippen molar-refractivity contribution >= 4 is 18.1 Å². The smallest absolute Gasteiger partial charge is 0.225 e. The molecule has 1 aliphatic heterocycles. The van der Waals surface area contributed by atoms with Gasteiger partial charge in [0.15, 0.2) is 4.77 Å². The maximum Gasteiger partial charge on any atom is 0.225 e. The van der Waals surface area contributed by atoms with Crippen molar-refractivity contribution in [3.05, 3.63) is 10.6 Å². The van der Waals surface area contributed by atoms with E-state index in [-0.39, 0.29) is 0 Å². The average molecular weight is 332 g/mol. The van der Waals surface area contributed by atoms with Crippen LogP contribution in [0.5, 0.6) is 0 Å². The third-order valence-electron chi connectivity index (χ3n) is 6.20. The van der Waals surface area contributed by atoms with Crippen molar-refractivity contribution in [3.8, 4) is 0 Å². The Bertz CT molecular complexity index is 679. The summed E-state index contributed by atoms with van der Waals surface area (Å²) >= 11 is 5.39. The number of likely N-dealkylation sites (tertiary alicyclic amines) is 1. The zero-order valence-electron chi connectivity index (χ0n) is 13.4. The number of piperidine rings is 1. The molecule has 23 heavy (non-hydrogen) atoms. The number of rotatable bonds is 4. The van der Waals surface area contributed by atoms with Crippen molar-refractivity contribution in [1.82, 2.24) is 19.7 Å². The predicted octanol–water partition coefficient (Wildman–Crippen LogP) is 3.03. The molecule has 3 aliphatic carbocycles. The number of aromatic amines is 1. The molecule has 0 unspecified atom stereocenters. The highest BCUT2D eigenvalue weighted by molar-refractivity contribution is 7.71. The first-order valence-corrected chi connectivity index (χ1v) is 9.59. The summed E-state index contributed by atoms with van der Waals surface area (Å²) < 4.78 is 3.01. The summed E-state index contributed by atoms with van der Waals surface area (Å²) in [5, 5.41) is 7.48. The summed E-state index contributed by atoms with van der Waals surface area (Å²) in [6.45, 7) is 1.78. The summed E-state index contributed by atoms with van der Waals surface area (Å²) in [6, 6.07) is 0.571. The Morgan fingerprint density at radius 3 is 2.52 bits per heavy atom. The first-order valence-electron chi connectivity index (χ1n) is 9.18. The van der Waals surface area contributed by atoms with Crippen LogP contribution < -0.4 is 0 Å². The highest BCUT2D eigenvalue weighted by atomic mass is 32.1. The number of carbonyl (C=O) groups excluding carboxylic acids is 1. The minimum atomic E-state index is 0.361. The molecule has 0 aromatic carbocycles. The monoisotopic (exact) mass is 332 g/mol. The van der Waals surface area contributed by atoms with Crippen molar-refractivity contribution in [2.24, 2.45) is 17.8 Å². The van der Waals surface area contributed by atoms with Gasteiger partial charge in [-0.15, -0.1) is 0 Å². The SMILES string of the molecule is O=C([C@@H]1C[C@H]1C1CC1)N1CCC(c2n[nH]c(=S)n2C2CC2)CC1. The van der Waals surface area contributed by atoms with Gasteiger partial charge in [0.1, 0.15) is 5.82 Å². The van der Waals surface area contributed by atoms with Gasteiger partial charge in [-0.1, -0.05) is 0 Å². The molecule has 1 N–H and O–H groups in total. The number of nitrogens with one attached hydrogen (secondary N) is 1. The molecule has 5 nitrogen and oxygen atoms in total. The van der Waals surface area contributed by atoms with Gasteiger partial charge >= 0.3 is 0 Å². The molecule has 6 heteroatoms. The maximum absolute atomic E-state index is 12.6. The van der Waals surface area contributed by atoms with Crippen molar-refractivity contribution < 1.29 is 4.79 Å². The van der Waals surface area contributed by atoms with E-state index in [1.54, 1.807) is 0 Å². The average Bonchev–Trinajstić information content (AvgIpc) is 3.44. The minimum Gasteiger partial charge on any atom is -0.342 e. The van der Waals surface area contributed by atoms with E-state index < -0.39 is 0 Å². The summed E-state index contributed by atoms with van der Waals surface area (Å²) in [6.07, 6.45) is 8.38. The van der Waals surface area contributed by atoms with Crippen LogP contribution in [0, 0.1) is 22.5 Å². The van der Waals surface area contributed by atoms with E-state index in [4.69, 9.17) is 12.2 Å². The van der Waals surface area contributed by atoms with Crippen LogP contribution in [0.1, 0.15) is 62.7 Å². The molecule has 1 aromatic rings. The van der Waals surface area contributed by atoms with Crippen LogP contribution in [0.2, 0.25) is 0 Å². The van der Waals surface area contributed by atoms with Gasteiger partial charge in [0.25, 0.3) is 0 Å². The van der Waals surface area contributed by atoms with E-state index in [2.05, 4.69) is 19.7 Å². The van der Waals surface area contributed by atoms with Gasteiger partial charge in [-0.25, -0.2) is 0 Å². The molecule has 0 spiro atoms. The molecule has 0 radical (unpaired) electrons. The second-order valence-corrected chi connectivity index (χ2v) is 8.32. The number of hydrogen-bond acceptors (Lipinski definition) is 3. The van der Waals surface area contributed by atoms with E-state index >= 15 is 0 Å². The minimum absolute atomic E-state index is 0.361. The second kappa shape index (κ2) is 5.16. The van der Waals surface area contributed by atoms with E-state index in [0.29, 0.717) is 23.8 Å². The third-order valence-corrected chi connectivity index (χ3v) is 6.49. The fourth-order valence-corrected chi connectivity index (χ4v) is 4.72. The number of carbonyl (C=O) groups is 1. The number of H-pyrrole nitrogens is 1. The Labute approximate surface area is 141 Å². The molecule has 2 atom stereocenters. The molecule has 124 valence electrons. The molecular weight excluding hydrogens is 308 g/mol. The van der Waals surface area contributed by atoms with Crippen LogP contribution in [0.15, 0.2) is 0 Å². The summed E-state index contributed by atoms with van der Waals surface area (Å²) in [4.78, 5) is 14.7. The number of amides is 1. The normalized spacial score (nSPS) is 31.4. The Morgan fingerprint density at radius 1 is 1.13 bits per heavy atom. The van der Waals surface area contributed by atoms with Gasteiger partial charge in [0.2, 0.25) is 5.91 Å². The number of aromatic nitrogens is 3. The Morgan fingerprint density at radius 2 is 1.87 bits per heavy atom. The highest BCUT2D eigenvalue weighted by Crippen LogP contribution is 2.55. The largest absolute Gasteiger partial charge is 0.342 e. The molecule has 4 aliphatic rings. The molecule has 4 fully saturated rings. The standard InChI is InChI=1S/C17H24N4OS/c22-16(14-9-13(14)10-1-2-10)20-7-5-11(6-8-20)15-18-19-17(23)21(15)12-3-4-12/h10-14H,1-9H2,(H,19,23)/t13-,14+/m0/s1. The van der Waals surface area contributed by atoms with Crippen molar-refractivity contribution in [1.29, 1.82) is 0 Å². The highest BCUT2D eigenvalue weighted by Gasteiger charge is 2.52. The zero-order valence-corrected chi connectivity index (χ0v) is 14.2. The fourth-order valence-electron chi connectivity index (χ4n) is 4.43. The third kappa shape index (κ3) is 2.55. The van der Waals surface area contributed by atoms with E-state index in [1.807, 2.05) is 0 Å². The summed E-state index contributed by atoms with van der Waals surface area (Å²) in [5.74, 6) is 3.99. The maximum atomic E-state index is 12.6. The van der Waals surface area contributed by atoms with Crippen LogP contribution in [-0.4, -0.2) is 38.7 Å². The van der Waals surface area contributed by atoms with Crippen molar-refractivity contribution in [3.63, 3.8) is 0 Å². The lowest BCUT2D eigenvalue weighted by Gasteiger charge is -2.32. The quantitative estimate of drug-likeness (QED) is 0.862. The molecule has 5 rings (SSSR count). The first-order chi connectivity index (χ1) is 11.2. The van der Waals surface area contributed by atoms with Crippen LogP contribution in [0.25, 0.3) is 0 Å². The van der Waals surface area contributed by atoms with Crippen LogP contribution >= 0.6 is 12.2 Å². The predicted molar refractivity (Wildman–Crippen MR) is 88.6 cm³/mol. The summed E-state index contributed by atoms with van der Waals surface area (Å²) in [7, 11) is 0. The van der Waals surface area contributed by atoms with Crippen molar-refractivity contribution in [2.75, 3.05) is 13.1 Å². The van der Waals surface area contributed by atoms with Gasteiger partial charge in [-0.2, -0.15) is 5.10 Å². The van der Waals surface area contributed by atoms with Crippen molar-refractivity contribution in [2.45, 2.75) is 56.9 Å². The zero-order chi connectivity index (χ0) is 15.6. The molecule has 0 bridgehead atoms. The van der Waals surface area contributed by atoms with E-state index in [9.17, 15) is 4.79 Å². The topological polar surface area (TPSA) is 53.9 Å². The molecule has 1 saturated heterocycles. The lowest BCUT2D eigenvalue weighted by molar-refractivity contribution is -0.134. The lowest BCUT2D eigenvalue weighted by Crippen LogP contribution is -2.39. The van der Waals surface area contributed by atoms with E-state index in [0.717, 1.165) is 54.8 Å². The van der Waals surface area contributed by atoms with Gasteiger partial charge < -0.3 is 9.47 Å². The summed E-state index contributed by atoms with van der Waals surface area (Å²) in [5.41, 5.74) is 0.